The number of rotatable bonds is 7. The smallest absolute Gasteiger partial charge is 0.251 e. The van der Waals surface area contributed by atoms with E-state index in [0.29, 0.717) is 28.4 Å². The lowest BCUT2D eigenvalue weighted by molar-refractivity contribution is -0.133. The van der Waals surface area contributed by atoms with Gasteiger partial charge in [-0.1, -0.05) is 12.1 Å². The topological polar surface area (TPSA) is 117 Å². The molecule has 180 valence electrons. The largest absolute Gasteiger partial charge is 0.493 e. The van der Waals surface area contributed by atoms with Gasteiger partial charge in [0.1, 0.15) is 0 Å². The van der Waals surface area contributed by atoms with Crippen molar-refractivity contribution >= 4 is 35.0 Å². The summed E-state index contributed by atoms with van der Waals surface area (Å²) in [6.07, 6.45) is 0.138. The van der Waals surface area contributed by atoms with E-state index in [4.69, 9.17) is 9.47 Å². The van der Waals surface area contributed by atoms with Crippen molar-refractivity contribution in [1.82, 2.24) is 10.2 Å². The van der Waals surface area contributed by atoms with Crippen LogP contribution in [0, 0.1) is 0 Å². The summed E-state index contributed by atoms with van der Waals surface area (Å²) in [5.41, 5.74) is 1.42. The zero-order valence-corrected chi connectivity index (χ0v) is 19.6. The number of ether oxygens (including phenoxy) is 2. The molecule has 10 nitrogen and oxygen atoms in total. The molecular weight excluding hydrogens is 440 g/mol. The highest BCUT2D eigenvalue weighted by Crippen LogP contribution is 2.31. The number of methoxy groups -OCH3 is 2. The molecule has 0 aromatic heterocycles. The van der Waals surface area contributed by atoms with Crippen LogP contribution in [0.5, 0.6) is 11.5 Å². The Labute approximate surface area is 197 Å². The van der Waals surface area contributed by atoms with Gasteiger partial charge < -0.3 is 29.9 Å². The summed E-state index contributed by atoms with van der Waals surface area (Å²) in [5.74, 6) is -0.546. The predicted octanol–water partition coefficient (Wildman–Crippen LogP) is 1.66. The fourth-order valence-corrected chi connectivity index (χ4v) is 3.71. The fourth-order valence-electron chi connectivity index (χ4n) is 3.71. The molecule has 34 heavy (non-hydrogen) atoms. The quantitative estimate of drug-likeness (QED) is 0.638. The highest BCUT2D eigenvalue weighted by atomic mass is 16.5. The van der Waals surface area contributed by atoms with Crippen molar-refractivity contribution in [3.8, 4) is 11.5 Å². The van der Waals surface area contributed by atoms with Crippen molar-refractivity contribution in [3.63, 3.8) is 0 Å². The zero-order valence-electron chi connectivity index (χ0n) is 19.6. The summed E-state index contributed by atoms with van der Waals surface area (Å²) in [6, 6.07) is 11.3. The Bertz CT molecular complexity index is 1100. The van der Waals surface area contributed by atoms with E-state index in [1.165, 1.54) is 37.1 Å². The predicted molar refractivity (Wildman–Crippen MR) is 126 cm³/mol. The van der Waals surface area contributed by atoms with Crippen molar-refractivity contribution in [2.75, 3.05) is 44.6 Å². The van der Waals surface area contributed by atoms with Gasteiger partial charge in [0, 0.05) is 25.1 Å². The van der Waals surface area contributed by atoms with E-state index in [2.05, 4.69) is 10.6 Å². The second-order valence-corrected chi connectivity index (χ2v) is 7.88. The number of carbonyl (C=O) groups excluding carboxylic acids is 4. The van der Waals surface area contributed by atoms with Gasteiger partial charge in [-0.2, -0.15) is 0 Å². The van der Waals surface area contributed by atoms with Gasteiger partial charge >= 0.3 is 0 Å². The lowest BCUT2D eigenvalue weighted by atomic mass is 10.1. The normalized spacial score (nSPS) is 14.9. The summed E-state index contributed by atoms with van der Waals surface area (Å²) in [5, 5.41) is 5.36. The van der Waals surface area contributed by atoms with E-state index in [-0.39, 0.29) is 37.4 Å². The van der Waals surface area contributed by atoms with Crippen LogP contribution in [-0.4, -0.2) is 68.9 Å². The molecule has 1 heterocycles. The number of likely N-dealkylation sites (N-methyl/N-ethyl adjacent to an activating group) is 1. The average molecular weight is 469 g/mol. The van der Waals surface area contributed by atoms with Gasteiger partial charge in [0.15, 0.2) is 11.5 Å². The summed E-state index contributed by atoms with van der Waals surface area (Å²) in [7, 11) is 4.44. The maximum atomic E-state index is 13.1. The molecule has 1 aliphatic heterocycles. The molecule has 0 radical (unpaired) electrons. The summed E-state index contributed by atoms with van der Waals surface area (Å²) < 4.78 is 10.3. The first kappa shape index (κ1) is 24.6. The van der Waals surface area contributed by atoms with Crippen LogP contribution in [0.4, 0.5) is 11.4 Å². The minimum Gasteiger partial charge on any atom is -0.493 e. The Hall–Kier alpha value is -4.08. The average Bonchev–Trinajstić information content (AvgIpc) is 2.95. The van der Waals surface area contributed by atoms with Gasteiger partial charge in [0.25, 0.3) is 5.91 Å². The van der Waals surface area contributed by atoms with Crippen LogP contribution in [0.1, 0.15) is 23.7 Å². The van der Waals surface area contributed by atoms with Crippen LogP contribution in [0.25, 0.3) is 0 Å². The second-order valence-electron chi connectivity index (χ2n) is 7.88. The Balaban J connectivity index is 1.63. The molecule has 1 aliphatic rings. The number of amides is 4. The molecule has 1 atom stereocenters. The minimum absolute atomic E-state index is 0.138. The first-order valence-electron chi connectivity index (χ1n) is 10.7. The Morgan fingerprint density at radius 1 is 1.12 bits per heavy atom. The van der Waals surface area contributed by atoms with Crippen LogP contribution in [0.3, 0.4) is 0 Å². The van der Waals surface area contributed by atoms with Gasteiger partial charge in [0.2, 0.25) is 17.7 Å². The van der Waals surface area contributed by atoms with Crippen LogP contribution in [0.15, 0.2) is 42.5 Å². The van der Waals surface area contributed by atoms with E-state index in [9.17, 15) is 19.2 Å². The highest BCUT2D eigenvalue weighted by Gasteiger charge is 2.30. The van der Waals surface area contributed by atoms with E-state index in [0.717, 1.165) is 0 Å². The number of anilines is 2. The van der Waals surface area contributed by atoms with Gasteiger partial charge in [-0.15, -0.1) is 0 Å². The van der Waals surface area contributed by atoms with E-state index in [1.54, 1.807) is 43.3 Å². The van der Waals surface area contributed by atoms with Crippen LogP contribution in [0.2, 0.25) is 0 Å². The van der Waals surface area contributed by atoms with Gasteiger partial charge in [-0.05, 0) is 37.3 Å². The van der Waals surface area contributed by atoms with E-state index in [1.807, 2.05) is 0 Å². The fraction of sp³-hybridized carbons (Fsp3) is 0.333. The molecule has 0 aliphatic carbocycles. The summed E-state index contributed by atoms with van der Waals surface area (Å²) >= 11 is 0. The number of nitrogens with one attached hydrogen (secondary N) is 2. The van der Waals surface area contributed by atoms with Crippen molar-refractivity contribution in [2.45, 2.75) is 19.4 Å². The van der Waals surface area contributed by atoms with Gasteiger partial charge in [-0.25, -0.2) is 0 Å². The Morgan fingerprint density at radius 2 is 1.82 bits per heavy atom. The standard InChI is InChI=1S/C24H28N4O6/c1-15-11-21(29)26-17-7-5-6-8-18(17)28(15)23(31)14-27(2)22(30)13-25-24(32)16-9-10-19(33-3)20(12-16)34-4/h5-10,12,15H,11,13-14H2,1-4H3,(H,25,32)(H,26,29)/t15-/m1/s1. The Morgan fingerprint density at radius 3 is 2.53 bits per heavy atom. The molecule has 2 aromatic carbocycles. The lowest BCUT2D eigenvalue weighted by Crippen LogP contribution is -2.47. The van der Waals surface area contributed by atoms with Gasteiger partial charge in [-0.3, -0.25) is 19.2 Å². The lowest BCUT2D eigenvalue weighted by Gasteiger charge is -2.29. The molecule has 4 amide bonds. The molecule has 0 fully saturated rings. The van der Waals surface area contributed by atoms with Crippen LogP contribution in [-0.2, 0) is 14.4 Å². The number of fused-ring (bicyclic) bond motifs is 1. The summed E-state index contributed by atoms with van der Waals surface area (Å²) in [6.45, 7) is 1.28. The van der Waals surface area contributed by atoms with Crippen molar-refractivity contribution in [2.24, 2.45) is 0 Å². The molecule has 3 rings (SSSR count). The van der Waals surface area contributed by atoms with Crippen LogP contribution >= 0.6 is 0 Å². The Kier molecular flexibility index (Phi) is 7.72. The van der Waals surface area contributed by atoms with E-state index >= 15 is 0 Å². The van der Waals surface area contributed by atoms with Crippen LogP contribution < -0.4 is 25.0 Å². The highest BCUT2D eigenvalue weighted by molar-refractivity contribution is 6.05. The van der Waals surface area contributed by atoms with Crippen molar-refractivity contribution < 1.29 is 28.7 Å². The minimum atomic E-state index is -0.464. The third kappa shape index (κ3) is 5.45. The molecule has 10 heteroatoms. The molecule has 0 saturated heterocycles. The summed E-state index contributed by atoms with van der Waals surface area (Å²) in [4.78, 5) is 53.1. The monoisotopic (exact) mass is 468 g/mol. The zero-order chi connectivity index (χ0) is 24.8. The number of hydrogen-bond acceptors (Lipinski definition) is 6. The third-order valence-electron chi connectivity index (χ3n) is 5.47. The van der Waals surface area contributed by atoms with Gasteiger partial charge in [0.05, 0.1) is 38.7 Å². The number of para-hydroxylation sites is 2. The molecule has 0 saturated carbocycles. The number of benzene rings is 2. The maximum absolute atomic E-state index is 13.1. The number of hydrogen-bond donors (Lipinski definition) is 2. The number of nitrogens with zero attached hydrogens (tertiary/aromatic N) is 2. The molecule has 2 N–H and O–H groups in total. The molecular formula is C24H28N4O6. The maximum Gasteiger partial charge on any atom is 0.251 e. The SMILES string of the molecule is COc1ccc(C(=O)NCC(=O)N(C)CC(=O)N2c3ccccc3NC(=O)C[C@H]2C)cc1OC. The third-order valence-corrected chi connectivity index (χ3v) is 5.47. The second kappa shape index (κ2) is 10.7. The number of carbonyl (C=O) groups is 4. The van der Waals surface area contributed by atoms with Crippen molar-refractivity contribution in [3.05, 3.63) is 48.0 Å². The first-order valence-corrected chi connectivity index (χ1v) is 10.7. The molecule has 0 unspecified atom stereocenters. The molecule has 2 aromatic rings. The first-order chi connectivity index (χ1) is 16.2. The molecule has 0 spiro atoms. The molecule has 0 bridgehead atoms. The van der Waals surface area contributed by atoms with Crippen molar-refractivity contribution in [1.29, 1.82) is 0 Å². The van der Waals surface area contributed by atoms with E-state index < -0.39 is 11.8 Å².